The second-order valence-electron chi connectivity index (χ2n) is 6.73. The number of carbonyl (C=O) groups excluding carboxylic acids is 1. The molecule has 0 radical (unpaired) electrons. The van der Waals surface area contributed by atoms with Crippen LogP contribution in [0.15, 0.2) is 24.3 Å². The number of benzene rings is 1. The zero-order chi connectivity index (χ0) is 16.6. The number of carboxylic acids is 1. The molecule has 3 rings (SSSR count). The molecule has 2 aliphatic rings. The lowest BCUT2D eigenvalue weighted by Gasteiger charge is -2.28. The molecule has 0 saturated heterocycles. The Bertz CT molecular complexity index is 598. The highest BCUT2D eigenvalue weighted by Gasteiger charge is 2.54. The van der Waals surface area contributed by atoms with Crippen LogP contribution in [0.5, 0.6) is 5.75 Å². The Morgan fingerprint density at radius 3 is 2.35 bits per heavy atom. The number of carboxylic acid groups (broad SMARTS) is 1. The summed E-state index contributed by atoms with van der Waals surface area (Å²) in [6.45, 7) is 1.92. The molecular formula is C18H23NO4. The molecule has 0 heterocycles. The Kier molecular flexibility index (Phi) is 4.28. The number of rotatable bonds is 5. The molecule has 2 bridgehead atoms. The van der Waals surface area contributed by atoms with Crippen LogP contribution in [-0.4, -0.2) is 24.1 Å². The van der Waals surface area contributed by atoms with Gasteiger partial charge in [-0.3, -0.25) is 9.59 Å². The lowest BCUT2D eigenvalue weighted by atomic mass is 9.78. The predicted molar refractivity (Wildman–Crippen MR) is 85.0 cm³/mol. The zero-order valence-corrected chi connectivity index (χ0v) is 13.5. The van der Waals surface area contributed by atoms with Gasteiger partial charge in [0.2, 0.25) is 5.91 Å². The second kappa shape index (κ2) is 6.22. The van der Waals surface area contributed by atoms with Crippen molar-refractivity contribution in [1.82, 2.24) is 5.32 Å². The number of carbonyl (C=O) groups is 2. The third-order valence-electron chi connectivity index (χ3n) is 5.48. The molecule has 124 valence electrons. The first-order valence-electron chi connectivity index (χ1n) is 8.18. The lowest BCUT2D eigenvalue weighted by molar-refractivity contribution is -0.149. The summed E-state index contributed by atoms with van der Waals surface area (Å²) in [7, 11) is 1.61. The Balaban J connectivity index is 1.69. The third kappa shape index (κ3) is 2.92. The Labute approximate surface area is 136 Å². The van der Waals surface area contributed by atoms with E-state index in [-0.39, 0.29) is 29.7 Å². The van der Waals surface area contributed by atoms with E-state index < -0.39 is 11.9 Å². The van der Waals surface area contributed by atoms with Crippen LogP contribution in [0.25, 0.3) is 0 Å². The molecule has 2 fully saturated rings. The van der Waals surface area contributed by atoms with Gasteiger partial charge in [0, 0.05) is 0 Å². The number of methoxy groups -OCH3 is 1. The van der Waals surface area contributed by atoms with Crippen LogP contribution in [0.1, 0.15) is 37.8 Å². The normalized spacial score (nSPS) is 30.0. The van der Waals surface area contributed by atoms with Crippen LogP contribution >= 0.6 is 0 Å². The van der Waals surface area contributed by atoms with E-state index in [1.165, 1.54) is 0 Å². The van der Waals surface area contributed by atoms with Crippen LogP contribution in [0.2, 0.25) is 0 Å². The van der Waals surface area contributed by atoms with Crippen LogP contribution in [0.4, 0.5) is 0 Å². The van der Waals surface area contributed by atoms with Crippen molar-refractivity contribution in [2.75, 3.05) is 7.11 Å². The average molecular weight is 317 g/mol. The Hall–Kier alpha value is -2.04. The molecule has 5 heteroatoms. The topological polar surface area (TPSA) is 75.6 Å². The van der Waals surface area contributed by atoms with Crippen LogP contribution in [-0.2, 0) is 9.59 Å². The molecule has 5 unspecified atom stereocenters. The summed E-state index contributed by atoms with van der Waals surface area (Å²) in [5.74, 6) is -0.675. The first-order valence-corrected chi connectivity index (χ1v) is 8.18. The fourth-order valence-electron chi connectivity index (χ4n) is 4.31. The van der Waals surface area contributed by atoms with Gasteiger partial charge >= 0.3 is 5.97 Å². The monoisotopic (exact) mass is 317 g/mol. The van der Waals surface area contributed by atoms with Gasteiger partial charge in [-0.15, -0.1) is 0 Å². The minimum Gasteiger partial charge on any atom is -0.497 e. The highest BCUT2D eigenvalue weighted by atomic mass is 16.5. The molecule has 0 aliphatic heterocycles. The highest BCUT2D eigenvalue weighted by Crippen LogP contribution is 2.52. The summed E-state index contributed by atoms with van der Waals surface area (Å²) >= 11 is 0. The van der Waals surface area contributed by atoms with E-state index >= 15 is 0 Å². The number of nitrogens with one attached hydrogen (secondary N) is 1. The maximum atomic E-state index is 12.7. The zero-order valence-electron chi connectivity index (χ0n) is 13.5. The van der Waals surface area contributed by atoms with Crippen molar-refractivity contribution >= 4 is 11.9 Å². The quantitative estimate of drug-likeness (QED) is 0.875. The SMILES string of the molecule is COc1ccc(C(C)NC(=O)C2C3CCC(C3)C2C(=O)O)cc1. The van der Waals surface area contributed by atoms with Gasteiger partial charge in [0.25, 0.3) is 0 Å². The smallest absolute Gasteiger partial charge is 0.307 e. The fraction of sp³-hybridized carbons (Fsp3) is 0.556. The van der Waals surface area contributed by atoms with Crippen LogP contribution in [0.3, 0.4) is 0 Å². The van der Waals surface area contributed by atoms with Crippen molar-refractivity contribution in [3.05, 3.63) is 29.8 Å². The van der Waals surface area contributed by atoms with Crippen molar-refractivity contribution < 1.29 is 19.4 Å². The third-order valence-corrected chi connectivity index (χ3v) is 5.48. The van der Waals surface area contributed by atoms with Gasteiger partial charge in [-0.05, 0) is 55.7 Å². The number of fused-ring (bicyclic) bond motifs is 2. The van der Waals surface area contributed by atoms with E-state index in [0.717, 1.165) is 30.6 Å². The van der Waals surface area contributed by atoms with Crippen molar-refractivity contribution in [1.29, 1.82) is 0 Å². The highest BCUT2D eigenvalue weighted by molar-refractivity contribution is 5.86. The van der Waals surface area contributed by atoms with Gasteiger partial charge in [0.15, 0.2) is 0 Å². The maximum absolute atomic E-state index is 12.7. The summed E-state index contributed by atoms with van der Waals surface area (Å²) in [6, 6.07) is 7.39. The van der Waals surface area contributed by atoms with Crippen molar-refractivity contribution in [3.8, 4) is 5.75 Å². The van der Waals surface area contributed by atoms with Gasteiger partial charge in [0.05, 0.1) is 25.0 Å². The molecule has 2 N–H and O–H groups in total. The summed E-state index contributed by atoms with van der Waals surface area (Å²) < 4.78 is 5.13. The predicted octanol–water partition coefficient (Wildman–Crippen LogP) is 2.62. The minimum absolute atomic E-state index is 0.118. The van der Waals surface area contributed by atoms with E-state index in [0.29, 0.717) is 0 Å². The first kappa shape index (κ1) is 15.8. The number of hydrogen-bond acceptors (Lipinski definition) is 3. The van der Waals surface area contributed by atoms with Crippen molar-refractivity contribution in [2.24, 2.45) is 23.7 Å². The van der Waals surface area contributed by atoms with Crippen LogP contribution in [0, 0.1) is 23.7 Å². The molecule has 5 nitrogen and oxygen atoms in total. The fourth-order valence-corrected chi connectivity index (χ4v) is 4.31. The molecule has 2 aliphatic carbocycles. The van der Waals surface area contributed by atoms with Gasteiger partial charge in [0.1, 0.15) is 5.75 Å². The maximum Gasteiger partial charge on any atom is 0.307 e. The summed E-state index contributed by atoms with van der Waals surface area (Å²) in [5.41, 5.74) is 0.981. The van der Waals surface area contributed by atoms with Gasteiger partial charge in [-0.2, -0.15) is 0 Å². The van der Waals surface area contributed by atoms with Gasteiger partial charge in [-0.25, -0.2) is 0 Å². The standard InChI is InChI=1S/C18H23NO4/c1-10(11-5-7-14(23-2)8-6-11)19-17(20)15-12-3-4-13(9-12)16(15)18(21)22/h5-8,10,12-13,15-16H,3-4,9H2,1-2H3,(H,19,20)(H,21,22). The Morgan fingerprint density at radius 2 is 1.78 bits per heavy atom. The summed E-state index contributed by atoms with van der Waals surface area (Å²) in [4.78, 5) is 24.2. The molecule has 0 spiro atoms. The molecule has 0 aromatic heterocycles. The minimum atomic E-state index is -0.825. The molecule has 5 atom stereocenters. The van der Waals surface area contributed by atoms with E-state index in [4.69, 9.17) is 4.74 Å². The molecule has 23 heavy (non-hydrogen) atoms. The number of aliphatic carboxylic acids is 1. The summed E-state index contributed by atoms with van der Waals surface area (Å²) in [5, 5.41) is 12.5. The molecule has 1 aromatic rings. The molecule has 1 aromatic carbocycles. The molecule has 1 amide bonds. The average Bonchev–Trinajstić information content (AvgIpc) is 3.15. The number of hydrogen-bond donors (Lipinski definition) is 2. The molecular weight excluding hydrogens is 294 g/mol. The van der Waals surface area contributed by atoms with E-state index in [9.17, 15) is 14.7 Å². The Morgan fingerprint density at radius 1 is 1.17 bits per heavy atom. The van der Waals surface area contributed by atoms with E-state index in [1.54, 1.807) is 7.11 Å². The van der Waals surface area contributed by atoms with Crippen molar-refractivity contribution in [2.45, 2.75) is 32.2 Å². The number of amides is 1. The van der Waals surface area contributed by atoms with E-state index in [1.807, 2.05) is 31.2 Å². The molecule has 2 saturated carbocycles. The second-order valence-corrected chi connectivity index (χ2v) is 6.73. The van der Waals surface area contributed by atoms with E-state index in [2.05, 4.69) is 5.32 Å². The largest absolute Gasteiger partial charge is 0.497 e. The van der Waals surface area contributed by atoms with Crippen LogP contribution < -0.4 is 10.1 Å². The lowest BCUT2D eigenvalue weighted by Crippen LogP contribution is -2.42. The van der Waals surface area contributed by atoms with Crippen molar-refractivity contribution in [3.63, 3.8) is 0 Å². The number of ether oxygens (including phenoxy) is 1. The summed E-state index contributed by atoms with van der Waals surface area (Å²) in [6.07, 6.45) is 2.80. The first-order chi connectivity index (χ1) is 11.0. The van der Waals surface area contributed by atoms with Gasteiger partial charge < -0.3 is 15.2 Å². The van der Waals surface area contributed by atoms with Gasteiger partial charge in [-0.1, -0.05) is 12.1 Å².